The predicted molar refractivity (Wildman–Crippen MR) is 357 cm³/mol. The summed E-state index contributed by atoms with van der Waals surface area (Å²) in [7, 11) is -4.42. The van der Waals surface area contributed by atoms with Gasteiger partial charge in [0.25, 0.3) is 0 Å². The van der Waals surface area contributed by atoms with Gasteiger partial charge in [-0.05, 0) is 128 Å². The van der Waals surface area contributed by atoms with Crippen LogP contribution in [0.3, 0.4) is 0 Å². The molecule has 0 amide bonds. The Labute approximate surface area is 508 Å². The second kappa shape index (κ2) is 66.5. The summed E-state index contributed by atoms with van der Waals surface area (Å²) in [5, 5.41) is 0. The summed E-state index contributed by atoms with van der Waals surface area (Å²) in [6.45, 7) is 3.46. The van der Waals surface area contributed by atoms with Crippen LogP contribution in [0.25, 0.3) is 0 Å². The number of ether oxygens (including phenoxy) is 2. The van der Waals surface area contributed by atoms with Gasteiger partial charge in [-0.2, -0.15) is 0 Å². The van der Waals surface area contributed by atoms with Crippen LogP contribution in [0.5, 0.6) is 0 Å². The zero-order valence-electron chi connectivity index (χ0n) is 52.4. The zero-order valence-corrected chi connectivity index (χ0v) is 53.3. The highest BCUT2D eigenvalue weighted by Gasteiger charge is 2.26. The fraction of sp³-hybridized carbons (Fsp3) is 0.589. The van der Waals surface area contributed by atoms with E-state index in [1.165, 1.54) is 89.9 Å². The number of phosphoric acid groups is 1. The summed E-state index contributed by atoms with van der Waals surface area (Å²) in [5.41, 5.74) is 5.39. The summed E-state index contributed by atoms with van der Waals surface area (Å²) in [6.07, 6.45) is 98.6. The Bertz CT molecular complexity index is 1960. The number of unbranched alkanes of at least 4 members (excludes halogenated alkanes) is 18. The van der Waals surface area contributed by atoms with Crippen molar-refractivity contribution >= 4 is 19.8 Å². The summed E-state index contributed by atoms with van der Waals surface area (Å²) in [6, 6.07) is 0. The maximum atomic E-state index is 12.7. The number of hydrogen-bond donors (Lipinski definition) is 2. The smallest absolute Gasteiger partial charge is 0.462 e. The molecule has 0 aliphatic heterocycles. The number of phosphoric ester groups is 1. The van der Waals surface area contributed by atoms with Gasteiger partial charge in [-0.25, -0.2) is 4.57 Å². The lowest BCUT2D eigenvalue weighted by Gasteiger charge is -2.19. The quantitative estimate of drug-likeness (QED) is 0.0264. The first-order chi connectivity index (χ1) is 40.8. The largest absolute Gasteiger partial charge is 0.472 e. The van der Waals surface area contributed by atoms with Gasteiger partial charge < -0.3 is 20.1 Å². The van der Waals surface area contributed by atoms with Gasteiger partial charge in [0.2, 0.25) is 0 Å². The molecular weight excluding hydrogens is 1050 g/mol. The van der Waals surface area contributed by atoms with Gasteiger partial charge in [0.05, 0.1) is 13.2 Å². The van der Waals surface area contributed by atoms with Crippen molar-refractivity contribution in [1.82, 2.24) is 0 Å². The molecule has 3 N–H and O–H groups in total. The summed E-state index contributed by atoms with van der Waals surface area (Å²) >= 11 is 0. The van der Waals surface area contributed by atoms with Crippen LogP contribution < -0.4 is 5.73 Å². The second-order valence-corrected chi connectivity index (χ2v) is 22.3. The van der Waals surface area contributed by atoms with Crippen molar-refractivity contribution in [3.05, 3.63) is 170 Å². The van der Waals surface area contributed by atoms with Crippen LogP contribution in [0.2, 0.25) is 0 Å². The summed E-state index contributed by atoms with van der Waals surface area (Å²) in [4.78, 5) is 35.3. The van der Waals surface area contributed by atoms with Crippen LogP contribution in [0.1, 0.15) is 245 Å². The van der Waals surface area contributed by atoms with E-state index in [9.17, 15) is 19.0 Å². The third kappa shape index (κ3) is 66.4. The summed E-state index contributed by atoms with van der Waals surface area (Å²) < 4.78 is 33.1. The minimum atomic E-state index is -4.42. The van der Waals surface area contributed by atoms with Crippen molar-refractivity contribution < 1.29 is 37.6 Å². The molecule has 2 unspecified atom stereocenters. The highest BCUT2D eigenvalue weighted by molar-refractivity contribution is 7.47. The molecule has 0 aliphatic rings. The van der Waals surface area contributed by atoms with Crippen molar-refractivity contribution in [2.45, 2.75) is 251 Å². The fourth-order valence-corrected chi connectivity index (χ4v) is 9.13. The van der Waals surface area contributed by atoms with E-state index in [4.69, 9.17) is 24.3 Å². The Kier molecular flexibility index (Phi) is 62.8. The van der Waals surface area contributed by atoms with E-state index < -0.39 is 32.5 Å². The fourth-order valence-electron chi connectivity index (χ4n) is 8.36. The molecule has 0 aromatic carbocycles. The van der Waals surface area contributed by atoms with Crippen molar-refractivity contribution in [3.63, 3.8) is 0 Å². The maximum Gasteiger partial charge on any atom is 0.472 e. The zero-order chi connectivity index (χ0) is 60.1. The van der Waals surface area contributed by atoms with Gasteiger partial charge in [0.1, 0.15) is 6.61 Å². The molecule has 2 atom stereocenters. The first kappa shape index (κ1) is 78.4. The van der Waals surface area contributed by atoms with E-state index in [1.807, 2.05) is 0 Å². The van der Waals surface area contributed by atoms with E-state index in [0.717, 1.165) is 122 Å². The molecule has 83 heavy (non-hydrogen) atoms. The van der Waals surface area contributed by atoms with Crippen LogP contribution in [-0.4, -0.2) is 49.3 Å². The lowest BCUT2D eigenvalue weighted by Crippen LogP contribution is -2.29. The lowest BCUT2D eigenvalue weighted by atomic mass is 10.0. The monoisotopic (exact) mass is 1170 g/mol. The molecule has 9 nitrogen and oxygen atoms in total. The topological polar surface area (TPSA) is 134 Å². The molecule has 0 fully saturated rings. The van der Waals surface area contributed by atoms with E-state index in [2.05, 4.69) is 184 Å². The third-order valence-corrected chi connectivity index (χ3v) is 14.1. The Morgan fingerprint density at radius 1 is 0.361 bits per heavy atom. The standard InChI is InChI=1S/C73H118NO8P/c1-3-5-7-9-11-13-15-17-19-21-23-25-27-29-31-33-34-35-36-38-40-42-44-46-48-50-52-54-56-58-60-62-64-66-73(76)82-71(70-81-83(77,78)80-68-67-74)69-79-72(75)65-63-61-59-57-55-53-51-49-47-45-43-41-39-37-32-30-28-26-24-22-20-18-16-14-12-10-8-6-4-2/h5-8,11-14,17-20,23-26,29,31,34-35,38,40,44,46,50,52,56,58,71H,3-4,9-10,15-16,21-22,27-28,30,32-33,36-37,39,41-43,45,47-49,51,53-55,57,59-70,74H2,1-2H3,(H,77,78)/b7-5-,8-6-,13-11-,14-12-,19-17-,20-18-,25-23-,26-24-,31-29-,35-34-,40-38-,46-44-,52-50-,58-56-. The van der Waals surface area contributed by atoms with Crippen molar-refractivity contribution in [1.29, 1.82) is 0 Å². The Morgan fingerprint density at radius 3 is 0.952 bits per heavy atom. The Balaban J connectivity index is 4.06. The van der Waals surface area contributed by atoms with Crippen LogP contribution in [0.4, 0.5) is 0 Å². The molecular formula is C73H118NO8P. The number of nitrogens with two attached hydrogens (primary N) is 1. The average Bonchev–Trinajstić information content (AvgIpc) is 3.49. The van der Waals surface area contributed by atoms with Gasteiger partial charge in [-0.3, -0.25) is 18.6 Å². The number of carbonyl (C=O) groups is 2. The summed E-state index contributed by atoms with van der Waals surface area (Å²) in [5.74, 6) is -0.888. The first-order valence-corrected chi connectivity index (χ1v) is 34.1. The number of rotatable bonds is 59. The van der Waals surface area contributed by atoms with E-state index >= 15 is 0 Å². The Morgan fingerprint density at radius 2 is 0.627 bits per heavy atom. The lowest BCUT2D eigenvalue weighted by molar-refractivity contribution is -0.161. The van der Waals surface area contributed by atoms with E-state index in [1.54, 1.807) is 0 Å². The van der Waals surface area contributed by atoms with Crippen LogP contribution in [0, 0.1) is 0 Å². The van der Waals surface area contributed by atoms with Crippen LogP contribution in [-0.2, 0) is 32.7 Å². The second-order valence-electron chi connectivity index (χ2n) is 20.9. The molecule has 0 saturated carbocycles. The highest BCUT2D eigenvalue weighted by atomic mass is 31.2. The van der Waals surface area contributed by atoms with Gasteiger partial charge in [0, 0.05) is 19.4 Å². The molecule has 0 spiro atoms. The van der Waals surface area contributed by atoms with E-state index in [0.29, 0.717) is 6.42 Å². The van der Waals surface area contributed by atoms with Gasteiger partial charge in [-0.15, -0.1) is 0 Å². The van der Waals surface area contributed by atoms with Crippen LogP contribution in [0.15, 0.2) is 170 Å². The average molecular weight is 1170 g/mol. The SMILES string of the molecule is CC/C=C\C/C=C\C/C=C\C/C=C\C/C=C\C/C=C\C/C=C\C/C=C\C/C=C\C/C=C\CCCCC(=O)OC(COC(=O)CCCCCCCCCCCCCCCCCC/C=C\C/C=C\C/C=C\C/C=C\CC)COP(=O)(O)OCCN. The minimum Gasteiger partial charge on any atom is -0.462 e. The van der Waals surface area contributed by atoms with Gasteiger partial charge >= 0.3 is 19.8 Å². The molecule has 0 bridgehead atoms. The Hall–Kier alpha value is -4.63. The van der Waals surface area contributed by atoms with E-state index in [-0.39, 0.29) is 32.6 Å². The normalized spacial score (nSPS) is 14.1. The number of carbonyl (C=O) groups excluding carboxylic acids is 2. The molecule has 0 radical (unpaired) electrons. The molecule has 0 aliphatic carbocycles. The van der Waals surface area contributed by atoms with Gasteiger partial charge in [0.15, 0.2) is 6.10 Å². The molecule has 0 aromatic rings. The molecule has 468 valence electrons. The third-order valence-electron chi connectivity index (χ3n) is 13.1. The molecule has 0 heterocycles. The van der Waals surface area contributed by atoms with Crippen molar-refractivity contribution in [3.8, 4) is 0 Å². The molecule has 0 aromatic heterocycles. The molecule has 0 rings (SSSR count). The van der Waals surface area contributed by atoms with Gasteiger partial charge in [-0.1, -0.05) is 274 Å². The molecule has 10 heteroatoms. The number of hydrogen-bond acceptors (Lipinski definition) is 8. The predicted octanol–water partition coefficient (Wildman–Crippen LogP) is 21.4. The first-order valence-electron chi connectivity index (χ1n) is 32.6. The molecule has 0 saturated heterocycles. The van der Waals surface area contributed by atoms with Crippen LogP contribution >= 0.6 is 7.82 Å². The highest BCUT2D eigenvalue weighted by Crippen LogP contribution is 2.43. The van der Waals surface area contributed by atoms with Crippen molar-refractivity contribution in [2.24, 2.45) is 5.73 Å². The van der Waals surface area contributed by atoms with Crippen molar-refractivity contribution in [2.75, 3.05) is 26.4 Å². The maximum absolute atomic E-state index is 12.7. The number of esters is 2. The minimum absolute atomic E-state index is 0.0375. The number of allylic oxidation sites excluding steroid dienone is 28.